The SMILES string of the molecule is COc1cccc(Nc2ncc(Oc3ccc(F)cc3)cn2)c1. The fourth-order valence-corrected chi connectivity index (χ4v) is 1.90. The van der Waals surface area contributed by atoms with E-state index in [1.54, 1.807) is 19.5 Å². The van der Waals surface area contributed by atoms with Gasteiger partial charge >= 0.3 is 0 Å². The van der Waals surface area contributed by atoms with Crippen molar-refractivity contribution in [1.82, 2.24) is 9.97 Å². The van der Waals surface area contributed by atoms with Crippen molar-refractivity contribution in [2.75, 3.05) is 12.4 Å². The minimum Gasteiger partial charge on any atom is -0.497 e. The molecule has 0 radical (unpaired) electrons. The van der Waals surface area contributed by atoms with Gasteiger partial charge in [-0.25, -0.2) is 14.4 Å². The summed E-state index contributed by atoms with van der Waals surface area (Å²) in [5.41, 5.74) is 0.816. The maximum absolute atomic E-state index is 12.8. The van der Waals surface area contributed by atoms with E-state index in [0.717, 1.165) is 11.4 Å². The van der Waals surface area contributed by atoms with Gasteiger partial charge in [0.25, 0.3) is 0 Å². The first-order valence-corrected chi connectivity index (χ1v) is 6.89. The van der Waals surface area contributed by atoms with Crippen LogP contribution in [0.2, 0.25) is 0 Å². The Bertz CT molecular complexity index is 777. The van der Waals surface area contributed by atoms with Crippen molar-refractivity contribution in [2.45, 2.75) is 0 Å². The van der Waals surface area contributed by atoms with E-state index >= 15 is 0 Å². The molecule has 3 rings (SSSR count). The molecule has 5 nitrogen and oxygen atoms in total. The molecule has 0 atom stereocenters. The molecule has 0 saturated carbocycles. The molecule has 0 amide bonds. The second-order valence-electron chi connectivity index (χ2n) is 4.66. The number of benzene rings is 2. The normalized spacial score (nSPS) is 10.2. The van der Waals surface area contributed by atoms with Crippen molar-refractivity contribution >= 4 is 11.6 Å². The molecule has 0 aliphatic carbocycles. The molecule has 0 spiro atoms. The van der Waals surface area contributed by atoms with Crippen molar-refractivity contribution < 1.29 is 13.9 Å². The van der Waals surface area contributed by atoms with Crippen LogP contribution >= 0.6 is 0 Å². The van der Waals surface area contributed by atoms with Crippen LogP contribution in [0.1, 0.15) is 0 Å². The van der Waals surface area contributed by atoms with Crippen LogP contribution < -0.4 is 14.8 Å². The van der Waals surface area contributed by atoms with Gasteiger partial charge in [-0.05, 0) is 36.4 Å². The van der Waals surface area contributed by atoms with Gasteiger partial charge in [-0.15, -0.1) is 0 Å². The Morgan fingerprint density at radius 3 is 2.35 bits per heavy atom. The van der Waals surface area contributed by atoms with Gasteiger partial charge in [0.2, 0.25) is 5.95 Å². The molecule has 0 aliphatic rings. The van der Waals surface area contributed by atoms with Gasteiger partial charge in [0.1, 0.15) is 17.3 Å². The Kier molecular flexibility index (Phi) is 4.33. The topological polar surface area (TPSA) is 56.3 Å². The van der Waals surface area contributed by atoms with Crippen molar-refractivity contribution in [3.8, 4) is 17.2 Å². The summed E-state index contributed by atoms with van der Waals surface area (Å²) in [6, 6.07) is 13.2. The minimum absolute atomic E-state index is 0.313. The Balaban J connectivity index is 1.67. The summed E-state index contributed by atoms with van der Waals surface area (Å²) in [6.07, 6.45) is 3.08. The van der Waals surface area contributed by atoms with Crippen LogP contribution in [0.25, 0.3) is 0 Å². The van der Waals surface area contributed by atoms with Crippen LogP contribution in [0.4, 0.5) is 16.0 Å². The zero-order valence-electron chi connectivity index (χ0n) is 12.4. The highest BCUT2D eigenvalue weighted by Gasteiger charge is 2.02. The summed E-state index contributed by atoms with van der Waals surface area (Å²) < 4.78 is 23.5. The van der Waals surface area contributed by atoms with Gasteiger partial charge in [0.05, 0.1) is 19.5 Å². The molecule has 0 aliphatic heterocycles. The van der Waals surface area contributed by atoms with E-state index in [1.807, 2.05) is 24.3 Å². The average Bonchev–Trinajstić information content (AvgIpc) is 2.59. The number of hydrogen-bond acceptors (Lipinski definition) is 5. The number of methoxy groups -OCH3 is 1. The second kappa shape index (κ2) is 6.74. The number of nitrogens with zero attached hydrogens (tertiary/aromatic N) is 2. The first-order valence-electron chi connectivity index (χ1n) is 6.89. The van der Waals surface area contributed by atoms with Gasteiger partial charge in [-0.3, -0.25) is 0 Å². The average molecular weight is 311 g/mol. The molecule has 0 unspecified atom stereocenters. The highest BCUT2D eigenvalue weighted by atomic mass is 19.1. The molecule has 0 fully saturated rings. The Labute approximate surface area is 132 Å². The standard InChI is InChI=1S/C17H14FN3O2/c1-22-15-4-2-3-13(9-15)21-17-19-10-16(11-20-17)23-14-7-5-12(18)6-8-14/h2-11H,1H3,(H,19,20,21). The van der Waals surface area contributed by atoms with Crippen LogP contribution in [0, 0.1) is 5.82 Å². The first kappa shape index (κ1) is 14.8. The minimum atomic E-state index is -0.313. The molecule has 0 saturated heterocycles. The zero-order valence-corrected chi connectivity index (χ0v) is 12.4. The summed E-state index contributed by atoms with van der Waals surface area (Å²) >= 11 is 0. The van der Waals surface area contributed by atoms with Crippen LogP contribution in [-0.2, 0) is 0 Å². The van der Waals surface area contributed by atoms with Gasteiger partial charge in [0, 0.05) is 11.8 Å². The summed E-state index contributed by atoms with van der Waals surface area (Å²) in [4.78, 5) is 8.36. The molecule has 2 aromatic carbocycles. The van der Waals surface area contributed by atoms with E-state index in [9.17, 15) is 4.39 Å². The second-order valence-corrected chi connectivity index (χ2v) is 4.66. The molecule has 0 bridgehead atoms. The largest absolute Gasteiger partial charge is 0.497 e. The summed E-state index contributed by atoms with van der Waals surface area (Å²) in [6.45, 7) is 0. The first-order chi connectivity index (χ1) is 11.2. The lowest BCUT2D eigenvalue weighted by Gasteiger charge is -2.08. The Hall–Kier alpha value is -3.15. The van der Waals surface area contributed by atoms with Crippen LogP contribution in [0.15, 0.2) is 60.9 Å². The fourth-order valence-electron chi connectivity index (χ4n) is 1.90. The van der Waals surface area contributed by atoms with Gasteiger partial charge in [-0.1, -0.05) is 6.07 Å². The third kappa shape index (κ3) is 3.94. The third-order valence-corrected chi connectivity index (χ3v) is 3.00. The molecule has 116 valence electrons. The zero-order chi connectivity index (χ0) is 16.1. The predicted molar refractivity (Wildman–Crippen MR) is 84.8 cm³/mol. The predicted octanol–water partition coefficient (Wildman–Crippen LogP) is 4.16. The molecule has 23 heavy (non-hydrogen) atoms. The van der Waals surface area contributed by atoms with Gasteiger partial charge in [-0.2, -0.15) is 0 Å². The number of hydrogen-bond donors (Lipinski definition) is 1. The lowest BCUT2D eigenvalue weighted by atomic mass is 10.3. The summed E-state index contributed by atoms with van der Waals surface area (Å²) in [5, 5.41) is 3.07. The summed E-state index contributed by atoms with van der Waals surface area (Å²) in [7, 11) is 1.61. The fraction of sp³-hybridized carbons (Fsp3) is 0.0588. The number of aromatic nitrogens is 2. The quantitative estimate of drug-likeness (QED) is 0.766. The maximum Gasteiger partial charge on any atom is 0.227 e. The number of ether oxygens (including phenoxy) is 2. The van der Waals surface area contributed by atoms with Crippen molar-refractivity contribution in [3.05, 3.63) is 66.7 Å². The number of anilines is 2. The lowest BCUT2D eigenvalue weighted by Crippen LogP contribution is -1.97. The molecular weight excluding hydrogens is 297 g/mol. The van der Waals surface area contributed by atoms with E-state index in [-0.39, 0.29) is 5.82 Å². The molecule has 1 N–H and O–H groups in total. The van der Waals surface area contributed by atoms with Crippen LogP contribution in [0.3, 0.4) is 0 Å². The van der Waals surface area contributed by atoms with E-state index in [2.05, 4.69) is 15.3 Å². The Morgan fingerprint density at radius 1 is 0.913 bits per heavy atom. The maximum atomic E-state index is 12.8. The van der Waals surface area contributed by atoms with Crippen molar-refractivity contribution in [1.29, 1.82) is 0 Å². The van der Waals surface area contributed by atoms with Crippen molar-refractivity contribution in [2.24, 2.45) is 0 Å². The molecule has 3 aromatic rings. The number of nitrogens with one attached hydrogen (secondary N) is 1. The van der Waals surface area contributed by atoms with Crippen LogP contribution in [0.5, 0.6) is 17.2 Å². The molecule has 6 heteroatoms. The molecule has 1 aromatic heterocycles. The lowest BCUT2D eigenvalue weighted by molar-refractivity contribution is 0.415. The molecular formula is C17H14FN3O2. The highest BCUT2D eigenvalue weighted by molar-refractivity contribution is 5.55. The van der Waals surface area contributed by atoms with E-state index in [0.29, 0.717) is 17.4 Å². The Morgan fingerprint density at radius 2 is 1.65 bits per heavy atom. The van der Waals surface area contributed by atoms with Gasteiger partial charge < -0.3 is 14.8 Å². The number of halogens is 1. The monoisotopic (exact) mass is 311 g/mol. The van der Waals surface area contributed by atoms with E-state index in [1.165, 1.54) is 24.3 Å². The molecule has 1 heterocycles. The van der Waals surface area contributed by atoms with Crippen molar-refractivity contribution in [3.63, 3.8) is 0 Å². The van der Waals surface area contributed by atoms with Crippen LogP contribution in [-0.4, -0.2) is 17.1 Å². The van der Waals surface area contributed by atoms with E-state index in [4.69, 9.17) is 9.47 Å². The highest BCUT2D eigenvalue weighted by Crippen LogP contribution is 2.22. The summed E-state index contributed by atoms with van der Waals surface area (Å²) in [5.74, 6) is 1.85. The van der Waals surface area contributed by atoms with E-state index < -0.39 is 0 Å². The third-order valence-electron chi connectivity index (χ3n) is 3.00. The number of rotatable bonds is 5. The van der Waals surface area contributed by atoms with Gasteiger partial charge in [0.15, 0.2) is 5.75 Å². The smallest absolute Gasteiger partial charge is 0.227 e.